The number of nitrogens with one attached hydrogen (secondary N) is 2. The molecule has 1 aromatic carbocycles. The van der Waals surface area contributed by atoms with Crippen molar-refractivity contribution in [3.8, 4) is 0 Å². The molecule has 0 aliphatic heterocycles. The number of benzene rings is 1. The molecule has 6 heteroatoms. The van der Waals surface area contributed by atoms with Gasteiger partial charge in [-0.3, -0.25) is 0 Å². The first-order chi connectivity index (χ1) is 9.10. The first-order valence-electron chi connectivity index (χ1n) is 5.89. The molecule has 2 aromatic rings. The summed E-state index contributed by atoms with van der Waals surface area (Å²) in [4.78, 5) is 8.32. The van der Waals surface area contributed by atoms with Crippen LogP contribution in [-0.4, -0.2) is 16.5 Å². The van der Waals surface area contributed by atoms with E-state index >= 15 is 0 Å². The summed E-state index contributed by atoms with van der Waals surface area (Å²) in [5.41, 5.74) is 0.941. The summed E-state index contributed by atoms with van der Waals surface area (Å²) >= 11 is 0. The van der Waals surface area contributed by atoms with Crippen molar-refractivity contribution in [3.63, 3.8) is 0 Å². The molecule has 0 saturated heterocycles. The molecule has 0 radical (unpaired) electrons. The number of nitrogens with zero attached hydrogens (tertiary/aromatic N) is 2. The average molecular weight is 264 g/mol. The lowest BCUT2D eigenvalue weighted by Gasteiger charge is -2.11. The molecular weight excluding hydrogens is 250 g/mol. The minimum Gasteiger partial charge on any atom is -0.354 e. The Labute approximate surface area is 109 Å². The van der Waals surface area contributed by atoms with Crippen LogP contribution in [0.15, 0.2) is 24.4 Å². The first-order valence-corrected chi connectivity index (χ1v) is 5.89. The molecule has 100 valence electrons. The zero-order chi connectivity index (χ0) is 13.8. The SMILES string of the molecule is CCNc1ncc(C)c(Nc2ccc(F)cc2F)n1. The fourth-order valence-electron chi connectivity index (χ4n) is 1.53. The topological polar surface area (TPSA) is 49.8 Å². The highest BCUT2D eigenvalue weighted by Crippen LogP contribution is 2.22. The summed E-state index contributed by atoms with van der Waals surface area (Å²) < 4.78 is 26.4. The highest BCUT2D eigenvalue weighted by Gasteiger charge is 2.08. The maximum Gasteiger partial charge on any atom is 0.224 e. The second kappa shape index (κ2) is 5.60. The maximum absolute atomic E-state index is 13.6. The zero-order valence-corrected chi connectivity index (χ0v) is 10.7. The van der Waals surface area contributed by atoms with Gasteiger partial charge in [0.25, 0.3) is 0 Å². The van der Waals surface area contributed by atoms with Gasteiger partial charge in [0.2, 0.25) is 5.95 Å². The van der Waals surface area contributed by atoms with Crippen LogP contribution < -0.4 is 10.6 Å². The van der Waals surface area contributed by atoms with Crippen molar-refractivity contribution < 1.29 is 8.78 Å². The maximum atomic E-state index is 13.6. The molecule has 2 rings (SSSR count). The third kappa shape index (κ3) is 3.15. The summed E-state index contributed by atoms with van der Waals surface area (Å²) in [6, 6.07) is 3.34. The van der Waals surface area contributed by atoms with Crippen LogP contribution in [0.1, 0.15) is 12.5 Å². The van der Waals surface area contributed by atoms with Crippen LogP contribution in [0.25, 0.3) is 0 Å². The minimum atomic E-state index is -0.664. The first kappa shape index (κ1) is 13.2. The highest BCUT2D eigenvalue weighted by molar-refractivity contribution is 5.60. The van der Waals surface area contributed by atoms with Gasteiger partial charge in [-0.15, -0.1) is 0 Å². The molecule has 0 atom stereocenters. The van der Waals surface area contributed by atoms with Crippen LogP contribution in [0.3, 0.4) is 0 Å². The Morgan fingerprint density at radius 2 is 2.05 bits per heavy atom. The lowest BCUT2D eigenvalue weighted by molar-refractivity contribution is 0.586. The van der Waals surface area contributed by atoms with E-state index in [1.54, 1.807) is 13.1 Å². The molecular formula is C13H14F2N4. The molecule has 4 nitrogen and oxygen atoms in total. The number of halogens is 2. The standard InChI is InChI=1S/C13H14F2N4/c1-3-16-13-17-7-8(2)12(19-13)18-11-5-4-9(14)6-10(11)15/h4-7H,3H2,1-2H3,(H2,16,17,18,19). The Balaban J connectivity index is 2.29. The monoisotopic (exact) mass is 264 g/mol. The van der Waals surface area contributed by atoms with E-state index in [-0.39, 0.29) is 5.69 Å². The quantitative estimate of drug-likeness (QED) is 0.890. The molecule has 0 amide bonds. The van der Waals surface area contributed by atoms with Gasteiger partial charge in [-0.2, -0.15) is 4.98 Å². The Bertz CT molecular complexity index is 587. The summed E-state index contributed by atoms with van der Waals surface area (Å²) in [6.07, 6.45) is 1.63. The van der Waals surface area contributed by atoms with Gasteiger partial charge in [0, 0.05) is 24.4 Å². The summed E-state index contributed by atoms with van der Waals surface area (Å²) in [5.74, 6) is -0.339. The number of hydrogen-bond acceptors (Lipinski definition) is 4. The van der Waals surface area contributed by atoms with Gasteiger partial charge in [0.05, 0.1) is 5.69 Å². The van der Waals surface area contributed by atoms with E-state index in [1.165, 1.54) is 12.1 Å². The number of hydrogen-bond donors (Lipinski definition) is 2. The molecule has 19 heavy (non-hydrogen) atoms. The van der Waals surface area contributed by atoms with Crippen LogP contribution in [0.2, 0.25) is 0 Å². The van der Waals surface area contributed by atoms with E-state index in [0.29, 0.717) is 18.3 Å². The average Bonchev–Trinajstić information content (AvgIpc) is 2.37. The van der Waals surface area contributed by atoms with E-state index < -0.39 is 11.6 Å². The van der Waals surface area contributed by atoms with E-state index in [4.69, 9.17) is 0 Å². The van der Waals surface area contributed by atoms with E-state index in [0.717, 1.165) is 11.6 Å². The minimum absolute atomic E-state index is 0.172. The molecule has 1 aromatic heterocycles. The fourth-order valence-corrected chi connectivity index (χ4v) is 1.53. The molecule has 0 aliphatic rings. The second-order valence-electron chi connectivity index (χ2n) is 4.00. The molecule has 0 saturated carbocycles. The van der Waals surface area contributed by atoms with Gasteiger partial charge < -0.3 is 10.6 Å². The van der Waals surface area contributed by atoms with Gasteiger partial charge in [-0.25, -0.2) is 13.8 Å². The number of aromatic nitrogens is 2. The van der Waals surface area contributed by atoms with Crippen LogP contribution in [0.5, 0.6) is 0 Å². The van der Waals surface area contributed by atoms with E-state index in [9.17, 15) is 8.78 Å². The lowest BCUT2D eigenvalue weighted by Crippen LogP contribution is -2.06. The van der Waals surface area contributed by atoms with Crippen molar-refractivity contribution in [3.05, 3.63) is 41.6 Å². The number of rotatable bonds is 4. The van der Waals surface area contributed by atoms with Crippen molar-refractivity contribution >= 4 is 17.5 Å². The van der Waals surface area contributed by atoms with Crippen LogP contribution in [-0.2, 0) is 0 Å². The summed E-state index contributed by atoms with van der Waals surface area (Å²) in [6.45, 7) is 4.42. The van der Waals surface area contributed by atoms with E-state index in [2.05, 4.69) is 20.6 Å². The second-order valence-corrected chi connectivity index (χ2v) is 4.00. The highest BCUT2D eigenvalue weighted by atomic mass is 19.1. The lowest BCUT2D eigenvalue weighted by atomic mass is 10.2. The Hall–Kier alpha value is -2.24. The molecule has 0 aliphatic carbocycles. The van der Waals surface area contributed by atoms with Crippen molar-refractivity contribution in [2.75, 3.05) is 17.2 Å². The van der Waals surface area contributed by atoms with Crippen LogP contribution in [0.4, 0.5) is 26.2 Å². The predicted octanol–water partition coefficient (Wildman–Crippen LogP) is 3.24. The molecule has 2 N–H and O–H groups in total. The van der Waals surface area contributed by atoms with Crippen molar-refractivity contribution in [1.82, 2.24) is 9.97 Å². The summed E-state index contributed by atoms with van der Waals surface area (Å²) in [5, 5.41) is 5.80. The predicted molar refractivity (Wildman–Crippen MR) is 70.6 cm³/mol. The van der Waals surface area contributed by atoms with Gasteiger partial charge in [-0.05, 0) is 26.0 Å². The molecule has 0 bridgehead atoms. The Kier molecular flexibility index (Phi) is 3.89. The van der Waals surface area contributed by atoms with Crippen molar-refractivity contribution in [2.24, 2.45) is 0 Å². The van der Waals surface area contributed by atoms with Gasteiger partial charge in [0.1, 0.15) is 17.5 Å². The Morgan fingerprint density at radius 3 is 2.74 bits per heavy atom. The third-order valence-corrected chi connectivity index (χ3v) is 2.49. The van der Waals surface area contributed by atoms with Crippen LogP contribution >= 0.6 is 0 Å². The van der Waals surface area contributed by atoms with Gasteiger partial charge in [0.15, 0.2) is 0 Å². The molecule has 0 unspecified atom stereocenters. The smallest absolute Gasteiger partial charge is 0.224 e. The molecule has 0 fully saturated rings. The van der Waals surface area contributed by atoms with Gasteiger partial charge >= 0.3 is 0 Å². The van der Waals surface area contributed by atoms with Crippen molar-refractivity contribution in [1.29, 1.82) is 0 Å². The van der Waals surface area contributed by atoms with Crippen LogP contribution in [0, 0.1) is 18.6 Å². The number of anilines is 3. The fraction of sp³-hybridized carbons (Fsp3) is 0.231. The summed E-state index contributed by atoms with van der Waals surface area (Å²) in [7, 11) is 0. The number of aryl methyl sites for hydroxylation is 1. The van der Waals surface area contributed by atoms with Gasteiger partial charge in [-0.1, -0.05) is 0 Å². The molecule has 1 heterocycles. The largest absolute Gasteiger partial charge is 0.354 e. The third-order valence-electron chi connectivity index (χ3n) is 2.49. The van der Waals surface area contributed by atoms with E-state index in [1.807, 2.05) is 6.92 Å². The van der Waals surface area contributed by atoms with Crippen molar-refractivity contribution in [2.45, 2.75) is 13.8 Å². The zero-order valence-electron chi connectivity index (χ0n) is 10.7. The molecule has 0 spiro atoms. The Morgan fingerprint density at radius 1 is 1.26 bits per heavy atom. The normalized spacial score (nSPS) is 10.3.